The van der Waals surface area contributed by atoms with Crippen molar-refractivity contribution in [3.63, 3.8) is 0 Å². The van der Waals surface area contributed by atoms with Crippen molar-refractivity contribution in [3.05, 3.63) is 71.8 Å². The van der Waals surface area contributed by atoms with Gasteiger partial charge in [-0.15, -0.1) is 0 Å². The third-order valence-corrected chi connectivity index (χ3v) is 9.65. The van der Waals surface area contributed by atoms with Crippen LogP contribution >= 0.6 is 7.67 Å². The van der Waals surface area contributed by atoms with Gasteiger partial charge in [-0.1, -0.05) is 87.4 Å². The Morgan fingerprint density at radius 3 is 1.78 bits per heavy atom. The van der Waals surface area contributed by atoms with Gasteiger partial charge in [-0.3, -0.25) is 9.09 Å². The zero-order valence-corrected chi connectivity index (χ0v) is 20.2. The summed E-state index contributed by atoms with van der Waals surface area (Å²) < 4.78 is 25.1. The van der Waals surface area contributed by atoms with Crippen LogP contribution in [0.3, 0.4) is 0 Å². The molecule has 2 heterocycles. The van der Waals surface area contributed by atoms with Gasteiger partial charge in [0.15, 0.2) is 0 Å². The summed E-state index contributed by atoms with van der Waals surface area (Å²) in [5, 5.41) is 11.6. The summed E-state index contributed by atoms with van der Waals surface area (Å²) in [4.78, 5) is 0. The number of rotatable bonds is 10. The molecule has 2 saturated heterocycles. The molecular weight excluding hydrogens is 419 g/mol. The van der Waals surface area contributed by atoms with Crippen molar-refractivity contribution < 1.29 is 14.2 Å². The second-order valence-electron chi connectivity index (χ2n) is 9.10. The maximum atomic E-state index is 14.6. The molecule has 2 aromatic carbocycles. The highest BCUT2D eigenvalue weighted by molar-refractivity contribution is 7.54. The molecule has 2 bridgehead atoms. The minimum Gasteiger partial charge on any atom is -0.389 e. The van der Waals surface area contributed by atoms with E-state index in [9.17, 15) is 9.67 Å². The molecule has 0 spiro atoms. The van der Waals surface area contributed by atoms with E-state index < -0.39 is 19.9 Å². The number of fused-ring (bicyclic) bond motifs is 2. The summed E-state index contributed by atoms with van der Waals surface area (Å²) in [6.45, 7) is 5.71. The van der Waals surface area contributed by atoms with Crippen molar-refractivity contribution in [2.75, 3.05) is 13.1 Å². The van der Waals surface area contributed by atoms with Crippen molar-refractivity contribution in [1.82, 2.24) is 9.34 Å². The Morgan fingerprint density at radius 1 is 0.812 bits per heavy atom. The number of hydrogen-bond acceptors (Lipinski definition) is 3. The van der Waals surface area contributed by atoms with Gasteiger partial charge in [0, 0.05) is 13.1 Å². The SMILES string of the molecule is CCCCN1C(Cc2ccccc2)C(O)C2OP1(=O)N(CCCC)C2Cc1ccccc1. The molecule has 1 N–H and O–H groups in total. The van der Waals surface area contributed by atoms with Gasteiger partial charge in [0.2, 0.25) is 0 Å². The smallest absolute Gasteiger partial charge is 0.347 e. The Hall–Kier alpha value is -1.49. The van der Waals surface area contributed by atoms with Crippen LogP contribution in [0.1, 0.15) is 50.7 Å². The normalized spacial score (nSPS) is 30.6. The number of nitrogens with zero attached hydrogens (tertiary/aromatic N) is 2. The van der Waals surface area contributed by atoms with E-state index in [-0.39, 0.29) is 12.1 Å². The van der Waals surface area contributed by atoms with Gasteiger partial charge in [-0.25, -0.2) is 9.34 Å². The minimum atomic E-state index is -3.22. The zero-order chi connectivity index (χ0) is 22.6. The van der Waals surface area contributed by atoms with Crippen molar-refractivity contribution in [3.8, 4) is 0 Å². The number of aliphatic hydroxyl groups is 1. The van der Waals surface area contributed by atoms with Crippen molar-refractivity contribution in [2.45, 2.75) is 76.7 Å². The van der Waals surface area contributed by atoms with Crippen LogP contribution in [-0.2, 0) is 21.9 Å². The van der Waals surface area contributed by atoms with E-state index >= 15 is 0 Å². The third-order valence-electron chi connectivity index (χ3n) is 6.84. The fourth-order valence-electron chi connectivity index (χ4n) is 5.11. The maximum Gasteiger partial charge on any atom is 0.347 e. The molecule has 5 unspecified atom stereocenters. The predicted octanol–water partition coefficient (Wildman–Crippen LogP) is 5.29. The molecule has 0 saturated carbocycles. The van der Waals surface area contributed by atoms with Crippen LogP contribution in [0.5, 0.6) is 0 Å². The standard InChI is InChI=1S/C26H37N2O3P/c1-3-5-17-27-23(19-21-13-9-7-10-14-21)25(29)26-24(20-22-15-11-8-12-16-22)28(18-6-4-2)32(27,30)31-26/h7-16,23-26,29H,3-6,17-20H2,1-2H3. The summed E-state index contributed by atoms with van der Waals surface area (Å²) >= 11 is 0. The second-order valence-corrected chi connectivity index (χ2v) is 11.3. The van der Waals surface area contributed by atoms with Crippen LogP contribution in [0.2, 0.25) is 0 Å². The molecule has 0 radical (unpaired) electrons. The molecule has 0 aromatic heterocycles. The molecule has 2 aliphatic rings. The van der Waals surface area contributed by atoms with Gasteiger partial charge in [-0.2, -0.15) is 0 Å². The van der Waals surface area contributed by atoms with Crippen molar-refractivity contribution >= 4 is 7.67 Å². The average Bonchev–Trinajstić information content (AvgIpc) is 3.06. The Bertz CT molecular complexity index is 855. The van der Waals surface area contributed by atoms with Crippen molar-refractivity contribution in [2.24, 2.45) is 0 Å². The summed E-state index contributed by atoms with van der Waals surface area (Å²) in [6.07, 6.45) is 4.22. The maximum absolute atomic E-state index is 14.6. The van der Waals surface area contributed by atoms with E-state index in [1.807, 2.05) is 41.1 Å². The van der Waals surface area contributed by atoms with Gasteiger partial charge >= 0.3 is 7.67 Å². The van der Waals surface area contributed by atoms with E-state index in [0.717, 1.165) is 44.2 Å². The van der Waals surface area contributed by atoms with Gasteiger partial charge in [0.1, 0.15) is 6.10 Å². The first-order valence-electron chi connectivity index (χ1n) is 12.2. The predicted molar refractivity (Wildman–Crippen MR) is 130 cm³/mol. The lowest BCUT2D eigenvalue weighted by molar-refractivity contribution is -0.0361. The quantitative estimate of drug-likeness (QED) is 0.492. The van der Waals surface area contributed by atoms with E-state index in [4.69, 9.17) is 4.52 Å². The monoisotopic (exact) mass is 456 g/mol. The molecule has 0 aliphatic carbocycles. The molecule has 174 valence electrons. The van der Waals surface area contributed by atoms with Crippen LogP contribution in [0.4, 0.5) is 0 Å². The second kappa shape index (κ2) is 10.6. The van der Waals surface area contributed by atoms with Gasteiger partial charge in [0.05, 0.1) is 18.2 Å². The number of unbranched alkanes of at least 4 members (excludes halogenated alkanes) is 2. The zero-order valence-electron chi connectivity index (χ0n) is 19.3. The van der Waals surface area contributed by atoms with Gasteiger partial charge in [0.25, 0.3) is 0 Å². The molecule has 4 rings (SSSR count). The lowest BCUT2D eigenvalue weighted by Crippen LogP contribution is -2.53. The van der Waals surface area contributed by atoms with E-state index in [0.29, 0.717) is 13.0 Å². The highest BCUT2D eigenvalue weighted by atomic mass is 31.2. The average molecular weight is 457 g/mol. The van der Waals surface area contributed by atoms with Gasteiger partial charge in [-0.05, 0) is 36.8 Å². The first-order valence-corrected chi connectivity index (χ1v) is 13.7. The summed E-state index contributed by atoms with van der Waals surface area (Å²) in [6, 6.07) is 20.3. The minimum absolute atomic E-state index is 0.0883. The summed E-state index contributed by atoms with van der Waals surface area (Å²) in [5.74, 6) is 0. The molecule has 0 amide bonds. The highest BCUT2D eigenvalue weighted by Crippen LogP contribution is 2.66. The molecule has 6 heteroatoms. The molecular formula is C26H37N2O3P. The third kappa shape index (κ3) is 4.73. The number of aliphatic hydroxyl groups excluding tert-OH is 1. The topological polar surface area (TPSA) is 53.0 Å². The number of benzene rings is 2. The Morgan fingerprint density at radius 2 is 1.28 bits per heavy atom. The number of hydrogen-bond donors (Lipinski definition) is 1. The van der Waals surface area contributed by atoms with Crippen LogP contribution in [0, 0.1) is 0 Å². The highest BCUT2D eigenvalue weighted by Gasteiger charge is 2.62. The lowest BCUT2D eigenvalue weighted by atomic mass is 9.91. The molecule has 5 nitrogen and oxygen atoms in total. The van der Waals surface area contributed by atoms with Crippen LogP contribution < -0.4 is 0 Å². The molecule has 5 atom stereocenters. The molecule has 2 fully saturated rings. The summed E-state index contributed by atoms with van der Waals surface area (Å²) in [7, 11) is -3.22. The van der Waals surface area contributed by atoms with Gasteiger partial charge < -0.3 is 5.11 Å². The largest absolute Gasteiger partial charge is 0.389 e. The molecule has 2 aromatic rings. The van der Waals surface area contributed by atoms with E-state index in [1.54, 1.807) is 0 Å². The Balaban J connectivity index is 1.70. The van der Waals surface area contributed by atoms with Crippen LogP contribution in [0.15, 0.2) is 60.7 Å². The van der Waals surface area contributed by atoms with Crippen molar-refractivity contribution in [1.29, 1.82) is 0 Å². The fraction of sp³-hybridized carbons (Fsp3) is 0.538. The first-order chi connectivity index (χ1) is 15.6. The summed E-state index contributed by atoms with van der Waals surface area (Å²) in [5.41, 5.74) is 2.35. The Labute approximate surface area is 193 Å². The van der Waals surface area contributed by atoms with E-state index in [1.165, 1.54) is 5.56 Å². The molecule has 2 aliphatic heterocycles. The molecule has 32 heavy (non-hydrogen) atoms. The van der Waals surface area contributed by atoms with Crippen LogP contribution in [0.25, 0.3) is 0 Å². The lowest BCUT2D eigenvalue weighted by Gasteiger charge is -2.43. The first kappa shape index (κ1) is 23.7. The fourth-order valence-corrected chi connectivity index (χ4v) is 8.20. The van der Waals surface area contributed by atoms with E-state index in [2.05, 4.69) is 42.8 Å². The van der Waals surface area contributed by atoms with Crippen LogP contribution in [-0.4, -0.2) is 51.8 Å². The Kier molecular flexibility index (Phi) is 7.86.